The number of nitrogens with zero attached hydrogens (tertiary/aromatic N) is 4. The molecule has 29 heavy (non-hydrogen) atoms. The Labute approximate surface area is 174 Å². The normalized spacial score (nSPS) is 10.8. The lowest BCUT2D eigenvalue weighted by molar-refractivity contribution is 0.0977. The second kappa shape index (κ2) is 8.02. The number of hydrogen-bond acceptors (Lipinski definition) is 6. The summed E-state index contributed by atoms with van der Waals surface area (Å²) in [4.78, 5) is 12.9. The quantitative estimate of drug-likeness (QED) is 0.485. The molecule has 0 atom stereocenters. The van der Waals surface area contributed by atoms with Crippen molar-refractivity contribution < 1.29 is 9.18 Å². The van der Waals surface area contributed by atoms with Gasteiger partial charge in [0.15, 0.2) is 10.9 Å². The number of aromatic nitrogens is 4. The predicted molar refractivity (Wildman–Crippen MR) is 114 cm³/mol. The molecule has 4 rings (SSSR count). The molecule has 146 valence electrons. The third kappa shape index (κ3) is 4.13. The van der Waals surface area contributed by atoms with E-state index >= 15 is 0 Å². The Bertz CT molecular complexity index is 1180. The van der Waals surface area contributed by atoms with Crippen molar-refractivity contribution in [3.8, 4) is 10.6 Å². The van der Waals surface area contributed by atoms with Crippen molar-refractivity contribution in [2.45, 2.75) is 13.3 Å². The molecule has 7 nitrogen and oxygen atoms in total. The predicted octanol–water partition coefficient (Wildman–Crippen LogP) is 3.68. The van der Waals surface area contributed by atoms with Crippen LogP contribution in [-0.2, 0) is 6.42 Å². The molecule has 0 saturated carbocycles. The summed E-state index contributed by atoms with van der Waals surface area (Å²) in [5, 5.41) is 19.3. The van der Waals surface area contributed by atoms with Crippen LogP contribution >= 0.6 is 23.6 Å². The third-order valence-electron chi connectivity index (χ3n) is 4.09. The summed E-state index contributed by atoms with van der Waals surface area (Å²) >= 11 is 6.64. The van der Waals surface area contributed by atoms with E-state index in [4.69, 9.17) is 12.2 Å². The number of carbonyl (C=O) groups excluding carboxylic acids is 1. The first-order chi connectivity index (χ1) is 14.0. The summed E-state index contributed by atoms with van der Waals surface area (Å²) in [6.07, 6.45) is 0.758. The van der Waals surface area contributed by atoms with E-state index in [2.05, 4.69) is 25.9 Å². The molecule has 4 aromatic rings. The lowest BCUT2D eigenvalue weighted by Crippen LogP contribution is -2.34. The van der Waals surface area contributed by atoms with Crippen LogP contribution in [0.5, 0.6) is 0 Å². The Balaban J connectivity index is 1.42. The molecule has 0 aliphatic rings. The topological polar surface area (TPSA) is 84.2 Å². The fourth-order valence-electron chi connectivity index (χ4n) is 2.63. The number of benzene rings is 2. The van der Waals surface area contributed by atoms with Crippen molar-refractivity contribution in [1.29, 1.82) is 0 Å². The molecular weight excluding hydrogens is 411 g/mol. The molecule has 0 bridgehead atoms. The number of anilines is 1. The van der Waals surface area contributed by atoms with E-state index in [1.807, 2.05) is 31.2 Å². The highest BCUT2D eigenvalue weighted by Crippen LogP contribution is 2.26. The Kier molecular flexibility index (Phi) is 5.28. The minimum atomic E-state index is -0.411. The van der Waals surface area contributed by atoms with Crippen molar-refractivity contribution in [3.05, 3.63) is 65.7 Å². The molecule has 1 amide bonds. The van der Waals surface area contributed by atoms with Gasteiger partial charge in [-0.05, 0) is 60.7 Å². The standard InChI is InChI=1S/C19H15FN6OS2/c1-2-15-23-24-19-26(15)25-17(29-19)12-5-9-14(10-6-12)21-18(28)22-16(27)11-3-7-13(20)8-4-11/h3-10H,2H2,1H3,(H2,21,22,27,28). The van der Waals surface area contributed by atoms with Crippen molar-refractivity contribution in [2.24, 2.45) is 0 Å². The number of aryl methyl sites for hydroxylation is 1. The number of rotatable bonds is 4. The number of thiocarbonyl (C=S) groups is 1. The summed E-state index contributed by atoms with van der Waals surface area (Å²) in [6.45, 7) is 2.01. The van der Waals surface area contributed by atoms with Crippen molar-refractivity contribution in [2.75, 3.05) is 5.32 Å². The van der Waals surface area contributed by atoms with Crippen LogP contribution < -0.4 is 10.6 Å². The van der Waals surface area contributed by atoms with Crippen LogP contribution in [0.1, 0.15) is 23.1 Å². The van der Waals surface area contributed by atoms with Gasteiger partial charge in [-0.3, -0.25) is 10.1 Å². The minimum Gasteiger partial charge on any atom is -0.332 e. The van der Waals surface area contributed by atoms with Crippen LogP contribution in [0.25, 0.3) is 15.5 Å². The molecule has 10 heteroatoms. The highest BCUT2D eigenvalue weighted by Gasteiger charge is 2.12. The van der Waals surface area contributed by atoms with E-state index in [1.54, 1.807) is 4.52 Å². The molecule has 2 heterocycles. The largest absolute Gasteiger partial charge is 0.332 e. The van der Waals surface area contributed by atoms with E-state index in [1.165, 1.54) is 35.6 Å². The van der Waals surface area contributed by atoms with Gasteiger partial charge < -0.3 is 5.32 Å². The van der Waals surface area contributed by atoms with Gasteiger partial charge in [-0.1, -0.05) is 18.3 Å². The second-order valence-electron chi connectivity index (χ2n) is 6.06. The summed E-state index contributed by atoms with van der Waals surface area (Å²) in [6, 6.07) is 12.7. The molecule has 0 fully saturated rings. The number of nitrogens with one attached hydrogen (secondary N) is 2. The Morgan fingerprint density at radius 3 is 2.55 bits per heavy atom. The van der Waals surface area contributed by atoms with Crippen molar-refractivity contribution in [3.63, 3.8) is 0 Å². The van der Waals surface area contributed by atoms with Gasteiger partial charge in [0.2, 0.25) is 4.96 Å². The SMILES string of the molecule is CCc1nnc2sc(-c3ccc(NC(=S)NC(=O)c4ccc(F)cc4)cc3)nn12. The molecule has 0 aliphatic carbocycles. The van der Waals surface area contributed by atoms with E-state index < -0.39 is 11.7 Å². The fraction of sp³-hybridized carbons (Fsp3) is 0.105. The highest BCUT2D eigenvalue weighted by atomic mass is 32.1. The van der Waals surface area contributed by atoms with Crippen LogP contribution in [0, 0.1) is 5.82 Å². The number of hydrogen-bond donors (Lipinski definition) is 2. The second-order valence-corrected chi connectivity index (χ2v) is 7.43. The van der Waals surface area contributed by atoms with Crippen LogP contribution in [0.4, 0.5) is 10.1 Å². The van der Waals surface area contributed by atoms with Gasteiger partial charge in [0.25, 0.3) is 5.91 Å². The number of carbonyl (C=O) groups is 1. The summed E-state index contributed by atoms with van der Waals surface area (Å²) in [5.41, 5.74) is 1.98. The summed E-state index contributed by atoms with van der Waals surface area (Å²) in [7, 11) is 0. The maximum absolute atomic E-state index is 13.0. The minimum absolute atomic E-state index is 0.151. The maximum atomic E-state index is 13.0. The first-order valence-corrected chi connectivity index (χ1v) is 9.95. The van der Waals surface area contributed by atoms with E-state index in [0.29, 0.717) is 5.56 Å². The Hall–Kier alpha value is -3.24. The molecule has 0 spiro atoms. The Morgan fingerprint density at radius 1 is 1.14 bits per heavy atom. The molecule has 2 N–H and O–H groups in total. The molecule has 2 aromatic heterocycles. The van der Waals surface area contributed by atoms with Crippen LogP contribution in [0.2, 0.25) is 0 Å². The molecule has 0 radical (unpaired) electrons. The van der Waals surface area contributed by atoms with E-state index in [-0.39, 0.29) is 5.11 Å². The zero-order valence-electron chi connectivity index (χ0n) is 15.2. The van der Waals surface area contributed by atoms with Gasteiger partial charge >= 0.3 is 0 Å². The van der Waals surface area contributed by atoms with Gasteiger partial charge in [-0.2, -0.15) is 9.61 Å². The lowest BCUT2D eigenvalue weighted by atomic mass is 10.2. The molecule has 0 saturated heterocycles. The fourth-order valence-corrected chi connectivity index (χ4v) is 3.70. The molecular formula is C19H15FN6OS2. The van der Waals surface area contributed by atoms with Crippen molar-refractivity contribution in [1.82, 2.24) is 25.1 Å². The summed E-state index contributed by atoms with van der Waals surface area (Å²) < 4.78 is 14.7. The van der Waals surface area contributed by atoms with E-state index in [0.717, 1.165) is 33.5 Å². The maximum Gasteiger partial charge on any atom is 0.257 e. The van der Waals surface area contributed by atoms with Gasteiger partial charge in [0, 0.05) is 23.2 Å². The van der Waals surface area contributed by atoms with Gasteiger partial charge in [-0.25, -0.2) is 4.39 Å². The number of fused-ring (bicyclic) bond motifs is 1. The van der Waals surface area contributed by atoms with Crippen LogP contribution in [0.15, 0.2) is 48.5 Å². The van der Waals surface area contributed by atoms with Gasteiger partial charge in [0.1, 0.15) is 10.8 Å². The van der Waals surface area contributed by atoms with Crippen molar-refractivity contribution >= 4 is 45.2 Å². The number of halogens is 1. The third-order valence-corrected chi connectivity index (χ3v) is 5.25. The summed E-state index contributed by atoms with van der Waals surface area (Å²) in [5.74, 6) is 0.00620. The first kappa shape index (κ1) is 19.1. The Morgan fingerprint density at radius 2 is 1.86 bits per heavy atom. The van der Waals surface area contributed by atoms with Gasteiger partial charge in [0.05, 0.1) is 0 Å². The molecule has 0 unspecified atom stereocenters. The molecule has 2 aromatic carbocycles. The zero-order chi connectivity index (χ0) is 20.4. The van der Waals surface area contributed by atoms with Gasteiger partial charge in [-0.15, -0.1) is 10.2 Å². The monoisotopic (exact) mass is 426 g/mol. The molecule has 0 aliphatic heterocycles. The average Bonchev–Trinajstić information content (AvgIpc) is 3.29. The number of amides is 1. The highest BCUT2D eigenvalue weighted by molar-refractivity contribution is 7.80. The van der Waals surface area contributed by atoms with Crippen LogP contribution in [0.3, 0.4) is 0 Å². The lowest BCUT2D eigenvalue weighted by Gasteiger charge is -2.10. The first-order valence-electron chi connectivity index (χ1n) is 8.73. The van der Waals surface area contributed by atoms with E-state index in [9.17, 15) is 9.18 Å². The zero-order valence-corrected chi connectivity index (χ0v) is 16.9. The van der Waals surface area contributed by atoms with Crippen LogP contribution in [-0.4, -0.2) is 30.8 Å². The smallest absolute Gasteiger partial charge is 0.257 e. The average molecular weight is 427 g/mol.